The third-order valence-corrected chi connectivity index (χ3v) is 3.54. The van der Waals surface area contributed by atoms with Gasteiger partial charge in [-0.2, -0.15) is 8.78 Å². The molecule has 0 aliphatic rings. The lowest BCUT2D eigenvalue weighted by Crippen LogP contribution is -2.04. The van der Waals surface area contributed by atoms with E-state index >= 15 is 0 Å². The average molecular weight is 369 g/mol. The van der Waals surface area contributed by atoms with Crippen LogP contribution >= 0.6 is 15.9 Å². The van der Waals surface area contributed by atoms with Gasteiger partial charge < -0.3 is 4.74 Å². The number of hydrogen-bond donors (Lipinski definition) is 0. The quantitative estimate of drug-likeness (QED) is 0.680. The van der Waals surface area contributed by atoms with E-state index in [0.717, 1.165) is 0 Å². The molecule has 1 nitrogen and oxygen atoms in total. The van der Waals surface area contributed by atoms with Crippen molar-refractivity contribution >= 4 is 15.9 Å². The highest BCUT2D eigenvalue weighted by Crippen LogP contribution is 2.22. The molecular formula is C17H12BrF3O. The van der Waals surface area contributed by atoms with E-state index in [9.17, 15) is 13.2 Å². The summed E-state index contributed by atoms with van der Waals surface area (Å²) in [5, 5.41) is 0. The van der Waals surface area contributed by atoms with Crippen LogP contribution in [-0.4, -0.2) is 6.61 Å². The summed E-state index contributed by atoms with van der Waals surface area (Å²) in [6, 6.07) is 9.28. The summed E-state index contributed by atoms with van der Waals surface area (Å²) in [6.45, 7) is -0.999. The molecule has 114 valence electrons. The van der Waals surface area contributed by atoms with Crippen LogP contribution in [0.5, 0.6) is 5.75 Å². The molecule has 2 aromatic rings. The topological polar surface area (TPSA) is 9.23 Å². The zero-order chi connectivity index (χ0) is 16.1. The molecule has 0 saturated carbocycles. The summed E-state index contributed by atoms with van der Waals surface area (Å²) < 4.78 is 42.5. The molecule has 0 unspecified atom stereocenters. The van der Waals surface area contributed by atoms with Crippen LogP contribution in [0.3, 0.4) is 0 Å². The number of benzene rings is 2. The third kappa shape index (κ3) is 4.28. The maximum absolute atomic E-state index is 13.1. The van der Waals surface area contributed by atoms with E-state index < -0.39 is 6.61 Å². The molecule has 0 bridgehead atoms. The normalized spacial score (nSPS) is 10.3. The summed E-state index contributed by atoms with van der Waals surface area (Å²) in [7, 11) is 0. The Hall–Kier alpha value is -1.93. The van der Waals surface area contributed by atoms with Crippen molar-refractivity contribution in [3.05, 3.63) is 63.4 Å². The summed E-state index contributed by atoms with van der Waals surface area (Å²) >= 11 is 3.10. The Bertz CT molecular complexity index is 732. The minimum atomic E-state index is -2.85. The number of hydrogen-bond acceptors (Lipinski definition) is 1. The van der Waals surface area contributed by atoms with Crippen molar-refractivity contribution in [1.82, 2.24) is 0 Å². The molecule has 0 aliphatic heterocycles. The number of halogens is 4. The fourth-order valence-electron chi connectivity index (χ4n) is 1.86. The lowest BCUT2D eigenvalue weighted by atomic mass is 10.1. The zero-order valence-electron chi connectivity index (χ0n) is 11.7. The summed E-state index contributed by atoms with van der Waals surface area (Å²) in [4.78, 5) is 0. The van der Waals surface area contributed by atoms with Crippen LogP contribution in [0.2, 0.25) is 0 Å². The Morgan fingerprint density at radius 1 is 1.09 bits per heavy atom. The van der Waals surface area contributed by atoms with E-state index in [1.54, 1.807) is 24.3 Å². The smallest absolute Gasteiger partial charge is 0.387 e. The molecule has 2 rings (SSSR count). The van der Waals surface area contributed by atoms with Gasteiger partial charge in [0.1, 0.15) is 11.6 Å². The van der Waals surface area contributed by atoms with Crippen LogP contribution in [0.1, 0.15) is 23.6 Å². The van der Waals surface area contributed by atoms with Crippen LogP contribution < -0.4 is 4.74 Å². The van der Waals surface area contributed by atoms with E-state index in [4.69, 9.17) is 0 Å². The highest BCUT2D eigenvalue weighted by molar-refractivity contribution is 9.10. The molecule has 22 heavy (non-hydrogen) atoms. The Morgan fingerprint density at radius 2 is 1.73 bits per heavy atom. The van der Waals surface area contributed by atoms with Gasteiger partial charge in [-0.1, -0.05) is 18.8 Å². The second kappa shape index (κ2) is 7.37. The van der Waals surface area contributed by atoms with Gasteiger partial charge in [0.2, 0.25) is 0 Å². The highest BCUT2D eigenvalue weighted by Gasteiger charge is 2.08. The number of aryl methyl sites for hydroxylation is 1. The average Bonchev–Trinajstić information content (AvgIpc) is 2.49. The van der Waals surface area contributed by atoms with Crippen molar-refractivity contribution in [2.45, 2.75) is 20.0 Å². The fourth-order valence-corrected chi connectivity index (χ4v) is 2.24. The Kier molecular flexibility index (Phi) is 5.51. The van der Waals surface area contributed by atoms with Crippen molar-refractivity contribution in [2.24, 2.45) is 0 Å². The molecule has 0 N–H and O–H groups in total. The van der Waals surface area contributed by atoms with Gasteiger partial charge in [0.05, 0.1) is 4.47 Å². The molecule has 0 atom stereocenters. The largest absolute Gasteiger partial charge is 0.435 e. The van der Waals surface area contributed by atoms with Crippen LogP contribution in [0.4, 0.5) is 13.2 Å². The first-order chi connectivity index (χ1) is 10.5. The van der Waals surface area contributed by atoms with Crippen molar-refractivity contribution in [2.75, 3.05) is 0 Å². The van der Waals surface area contributed by atoms with Crippen LogP contribution in [0, 0.1) is 17.7 Å². The number of alkyl halides is 2. The Balaban J connectivity index is 2.27. The third-order valence-electron chi connectivity index (χ3n) is 2.93. The first-order valence-corrected chi connectivity index (χ1v) is 7.33. The van der Waals surface area contributed by atoms with Crippen molar-refractivity contribution < 1.29 is 17.9 Å². The van der Waals surface area contributed by atoms with Gasteiger partial charge in [-0.25, -0.2) is 4.39 Å². The molecule has 0 aliphatic carbocycles. The van der Waals surface area contributed by atoms with Gasteiger partial charge in [-0.15, -0.1) is 0 Å². The Labute approximate surface area is 135 Å². The molecule has 0 fully saturated rings. The molecule has 5 heteroatoms. The van der Waals surface area contributed by atoms with E-state index in [2.05, 4.69) is 32.5 Å². The van der Waals surface area contributed by atoms with Gasteiger partial charge >= 0.3 is 6.61 Å². The summed E-state index contributed by atoms with van der Waals surface area (Å²) in [6.07, 6.45) is 0.555. The van der Waals surface area contributed by atoms with Crippen LogP contribution in [-0.2, 0) is 6.42 Å². The number of ether oxygens (including phenoxy) is 1. The standard InChI is InChI=1S/C17H12BrF3O/c1-2-13-9-11(6-8-16(13)22-17(20)21)3-4-12-5-7-15(19)14(18)10-12/h5-10,17H,2H2,1H3. The highest BCUT2D eigenvalue weighted by atomic mass is 79.9. The number of rotatable bonds is 3. The van der Waals surface area contributed by atoms with E-state index in [1.807, 2.05) is 6.92 Å². The van der Waals surface area contributed by atoms with Gasteiger partial charge in [0.25, 0.3) is 0 Å². The minimum Gasteiger partial charge on any atom is -0.435 e. The van der Waals surface area contributed by atoms with Gasteiger partial charge in [0.15, 0.2) is 0 Å². The van der Waals surface area contributed by atoms with Crippen molar-refractivity contribution in [1.29, 1.82) is 0 Å². The first-order valence-electron chi connectivity index (χ1n) is 6.54. The lowest BCUT2D eigenvalue weighted by molar-refractivity contribution is -0.0504. The summed E-state index contributed by atoms with van der Waals surface area (Å²) in [5.74, 6) is 5.64. The van der Waals surface area contributed by atoms with E-state index in [0.29, 0.717) is 27.6 Å². The monoisotopic (exact) mass is 368 g/mol. The first kappa shape index (κ1) is 16.4. The molecular weight excluding hydrogens is 357 g/mol. The van der Waals surface area contributed by atoms with E-state index in [-0.39, 0.29) is 11.6 Å². The van der Waals surface area contributed by atoms with Gasteiger partial charge in [0, 0.05) is 11.1 Å². The second-order valence-electron chi connectivity index (χ2n) is 4.43. The molecule has 2 aromatic carbocycles. The minimum absolute atomic E-state index is 0.160. The molecule has 0 amide bonds. The molecule has 0 saturated heterocycles. The zero-order valence-corrected chi connectivity index (χ0v) is 13.3. The van der Waals surface area contributed by atoms with E-state index in [1.165, 1.54) is 12.1 Å². The SMILES string of the molecule is CCc1cc(C#Cc2ccc(F)c(Br)c2)ccc1OC(F)F. The molecule has 0 radical (unpaired) electrons. The summed E-state index contributed by atoms with van der Waals surface area (Å²) in [5.41, 5.74) is 1.99. The van der Waals surface area contributed by atoms with Crippen molar-refractivity contribution in [3.63, 3.8) is 0 Å². The van der Waals surface area contributed by atoms with Gasteiger partial charge in [-0.05, 0) is 64.3 Å². The molecule has 0 spiro atoms. The fraction of sp³-hybridized carbons (Fsp3) is 0.176. The van der Waals surface area contributed by atoms with Gasteiger partial charge in [-0.3, -0.25) is 0 Å². The predicted molar refractivity (Wildman–Crippen MR) is 82.5 cm³/mol. The van der Waals surface area contributed by atoms with Crippen LogP contribution in [0.15, 0.2) is 40.9 Å². The lowest BCUT2D eigenvalue weighted by Gasteiger charge is -2.09. The maximum atomic E-state index is 13.1. The second-order valence-corrected chi connectivity index (χ2v) is 5.29. The predicted octanol–water partition coefficient (Wildman–Crippen LogP) is 5.15. The molecule has 0 heterocycles. The van der Waals surface area contributed by atoms with Crippen molar-refractivity contribution in [3.8, 4) is 17.6 Å². The maximum Gasteiger partial charge on any atom is 0.387 e. The van der Waals surface area contributed by atoms with Crippen LogP contribution in [0.25, 0.3) is 0 Å². The Morgan fingerprint density at radius 3 is 2.32 bits per heavy atom. The molecule has 0 aromatic heterocycles.